The Hall–Kier alpha value is -0.700. The van der Waals surface area contributed by atoms with Gasteiger partial charge in [-0.3, -0.25) is 0 Å². The van der Waals surface area contributed by atoms with Crippen LogP contribution in [0, 0.1) is 5.92 Å². The van der Waals surface area contributed by atoms with Crippen molar-refractivity contribution in [3.05, 3.63) is 12.0 Å². The first-order chi connectivity index (χ1) is 6.66. The van der Waals surface area contributed by atoms with Crippen molar-refractivity contribution in [1.29, 1.82) is 0 Å². The Morgan fingerprint density at radius 3 is 2.71 bits per heavy atom. The fourth-order valence-electron chi connectivity index (χ4n) is 1.05. The van der Waals surface area contributed by atoms with Crippen LogP contribution in [0.3, 0.4) is 0 Å². The number of ether oxygens (including phenoxy) is 1. The maximum atomic E-state index is 9.03. The minimum absolute atomic E-state index is 0.218. The lowest BCUT2D eigenvalue weighted by molar-refractivity contribution is 0.128. The van der Waals surface area contributed by atoms with Crippen molar-refractivity contribution in [2.24, 2.45) is 5.92 Å². The number of hydrogen-bond donors (Lipinski definition) is 2. The third-order valence-corrected chi connectivity index (χ3v) is 1.90. The van der Waals surface area contributed by atoms with Crippen LogP contribution in [0.2, 0.25) is 0 Å². The average molecular weight is 201 g/mol. The van der Waals surface area contributed by atoms with Crippen LogP contribution in [0.25, 0.3) is 0 Å². The molecule has 84 valence electrons. The molecule has 0 aliphatic carbocycles. The molecule has 0 radical (unpaired) electrons. The number of hydrogen-bond acceptors (Lipinski definition) is 3. The molecule has 0 saturated carbocycles. The number of aliphatic hydroxyl groups is 1. The molecule has 0 unspecified atom stereocenters. The molecule has 0 atom stereocenters. The van der Waals surface area contributed by atoms with Crippen molar-refractivity contribution in [3.8, 4) is 0 Å². The molecule has 0 fully saturated rings. The first kappa shape index (κ1) is 13.3. The molecule has 0 amide bonds. The summed E-state index contributed by atoms with van der Waals surface area (Å²) in [5.74, 6) is 0.972. The zero-order valence-electron chi connectivity index (χ0n) is 9.55. The molecule has 14 heavy (non-hydrogen) atoms. The summed E-state index contributed by atoms with van der Waals surface area (Å²) in [5, 5.41) is 11.9. The molecule has 3 nitrogen and oxygen atoms in total. The van der Waals surface area contributed by atoms with Crippen molar-refractivity contribution in [2.75, 3.05) is 19.8 Å². The fourth-order valence-corrected chi connectivity index (χ4v) is 1.05. The molecule has 0 spiro atoms. The molecule has 0 aliphatic heterocycles. The minimum Gasteiger partial charge on any atom is -0.495 e. The van der Waals surface area contributed by atoms with Gasteiger partial charge < -0.3 is 15.2 Å². The van der Waals surface area contributed by atoms with Gasteiger partial charge in [-0.25, -0.2) is 0 Å². The van der Waals surface area contributed by atoms with Crippen LogP contribution in [-0.2, 0) is 4.74 Å². The van der Waals surface area contributed by atoms with E-state index in [-0.39, 0.29) is 5.88 Å². The average Bonchev–Trinajstić information content (AvgIpc) is 2.15. The van der Waals surface area contributed by atoms with Crippen molar-refractivity contribution in [3.63, 3.8) is 0 Å². The molecular weight excluding hydrogens is 178 g/mol. The second-order valence-corrected chi connectivity index (χ2v) is 3.75. The lowest BCUT2D eigenvalue weighted by Crippen LogP contribution is -2.19. The van der Waals surface area contributed by atoms with Crippen LogP contribution in [0.5, 0.6) is 0 Å². The Morgan fingerprint density at radius 1 is 1.43 bits per heavy atom. The summed E-state index contributed by atoms with van der Waals surface area (Å²) < 4.78 is 5.38. The van der Waals surface area contributed by atoms with E-state index in [0.29, 0.717) is 13.2 Å². The van der Waals surface area contributed by atoms with Crippen LogP contribution < -0.4 is 5.32 Å². The summed E-state index contributed by atoms with van der Waals surface area (Å²) in [6.45, 7) is 8.34. The van der Waals surface area contributed by atoms with E-state index < -0.39 is 0 Å². The highest BCUT2D eigenvalue weighted by Gasteiger charge is 1.94. The summed E-state index contributed by atoms with van der Waals surface area (Å²) in [6.07, 6.45) is 3.96. The van der Waals surface area contributed by atoms with Crippen molar-refractivity contribution < 1.29 is 9.84 Å². The number of nitrogens with one attached hydrogen (secondary N) is 1. The van der Waals surface area contributed by atoms with E-state index >= 15 is 0 Å². The van der Waals surface area contributed by atoms with E-state index in [4.69, 9.17) is 9.84 Å². The monoisotopic (exact) mass is 201 g/mol. The van der Waals surface area contributed by atoms with Crippen LogP contribution >= 0.6 is 0 Å². The molecule has 0 aromatic heterocycles. The smallest absolute Gasteiger partial charge is 0.179 e. The van der Waals surface area contributed by atoms with Gasteiger partial charge in [0.15, 0.2) is 5.88 Å². The third kappa shape index (κ3) is 9.39. The van der Waals surface area contributed by atoms with E-state index in [1.807, 2.05) is 0 Å². The highest BCUT2D eigenvalue weighted by atomic mass is 16.5. The lowest BCUT2D eigenvalue weighted by Gasteiger charge is -2.07. The maximum Gasteiger partial charge on any atom is 0.179 e. The number of rotatable bonds is 8. The van der Waals surface area contributed by atoms with E-state index in [1.165, 1.54) is 6.42 Å². The van der Waals surface area contributed by atoms with Gasteiger partial charge in [0.1, 0.15) is 0 Å². The molecule has 0 saturated heterocycles. The first-order valence-electron chi connectivity index (χ1n) is 5.33. The van der Waals surface area contributed by atoms with E-state index in [2.05, 4.69) is 19.2 Å². The van der Waals surface area contributed by atoms with Gasteiger partial charge in [-0.1, -0.05) is 13.8 Å². The summed E-state index contributed by atoms with van der Waals surface area (Å²) in [4.78, 5) is 0. The molecule has 3 heteroatoms. The SMILES string of the molecule is C/C=C(/O)NCCOCCCC(C)C. The second kappa shape index (κ2) is 8.88. The molecular formula is C11H23NO2. The number of allylic oxidation sites excluding steroid dienone is 1. The summed E-state index contributed by atoms with van der Waals surface area (Å²) in [6, 6.07) is 0. The Bertz CT molecular complexity index is 155. The minimum atomic E-state index is 0.218. The van der Waals surface area contributed by atoms with Gasteiger partial charge in [-0.05, 0) is 31.8 Å². The molecule has 0 bridgehead atoms. The molecule has 0 aliphatic rings. The first-order valence-corrected chi connectivity index (χ1v) is 5.33. The molecule has 0 aromatic rings. The molecule has 2 N–H and O–H groups in total. The Labute approximate surface area is 87.2 Å². The van der Waals surface area contributed by atoms with Crippen molar-refractivity contribution in [1.82, 2.24) is 5.32 Å². The Morgan fingerprint density at radius 2 is 2.14 bits per heavy atom. The third-order valence-electron chi connectivity index (χ3n) is 1.90. The standard InChI is InChI=1S/C11H23NO2/c1-4-11(13)12-7-9-14-8-5-6-10(2)3/h4,10,12-13H,5-9H2,1-3H3/b11-4+. The van der Waals surface area contributed by atoms with Gasteiger partial charge >= 0.3 is 0 Å². The van der Waals surface area contributed by atoms with Crippen LogP contribution in [0.15, 0.2) is 12.0 Å². The van der Waals surface area contributed by atoms with Gasteiger partial charge in [-0.15, -0.1) is 0 Å². The Balaban J connectivity index is 3.07. The lowest BCUT2D eigenvalue weighted by atomic mass is 10.1. The van der Waals surface area contributed by atoms with Gasteiger partial charge in [0.2, 0.25) is 0 Å². The zero-order valence-corrected chi connectivity index (χ0v) is 9.55. The fraction of sp³-hybridized carbons (Fsp3) is 0.818. The molecule has 0 heterocycles. The number of aliphatic hydroxyl groups excluding tert-OH is 1. The zero-order chi connectivity index (χ0) is 10.8. The van der Waals surface area contributed by atoms with Crippen LogP contribution in [-0.4, -0.2) is 24.9 Å². The maximum absolute atomic E-state index is 9.03. The predicted molar refractivity (Wildman–Crippen MR) is 59.3 cm³/mol. The molecule has 0 aromatic carbocycles. The topological polar surface area (TPSA) is 41.5 Å². The van der Waals surface area contributed by atoms with Crippen molar-refractivity contribution in [2.45, 2.75) is 33.6 Å². The van der Waals surface area contributed by atoms with Gasteiger partial charge in [0.05, 0.1) is 6.61 Å². The largest absolute Gasteiger partial charge is 0.495 e. The summed E-state index contributed by atoms with van der Waals surface area (Å²) in [5.41, 5.74) is 0. The summed E-state index contributed by atoms with van der Waals surface area (Å²) in [7, 11) is 0. The van der Waals surface area contributed by atoms with Crippen molar-refractivity contribution >= 4 is 0 Å². The van der Waals surface area contributed by atoms with Gasteiger partial charge in [-0.2, -0.15) is 0 Å². The normalized spacial score (nSPS) is 12.1. The second-order valence-electron chi connectivity index (χ2n) is 3.75. The predicted octanol–water partition coefficient (Wildman–Crippen LogP) is 2.45. The van der Waals surface area contributed by atoms with Gasteiger partial charge in [0.25, 0.3) is 0 Å². The highest BCUT2D eigenvalue weighted by Crippen LogP contribution is 2.02. The quantitative estimate of drug-likeness (QED) is 0.468. The van der Waals surface area contributed by atoms with Crippen LogP contribution in [0.4, 0.5) is 0 Å². The molecule has 0 rings (SSSR count). The van der Waals surface area contributed by atoms with E-state index in [9.17, 15) is 0 Å². The highest BCUT2D eigenvalue weighted by molar-refractivity contribution is 4.83. The van der Waals surface area contributed by atoms with E-state index in [0.717, 1.165) is 18.9 Å². The Kier molecular flexibility index (Phi) is 8.43. The summed E-state index contributed by atoms with van der Waals surface area (Å²) >= 11 is 0. The van der Waals surface area contributed by atoms with Crippen LogP contribution in [0.1, 0.15) is 33.6 Å². The van der Waals surface area contributed by atoms with E-state index in [1.54, 1.807) is 13.0 Å². The van der Waals surface area contributed by atoms with Gasteiger partial charge in [0, 0.05) is 13.2 Å².